The highest BCUT2D eigenvalue weighted by Crippen LogP contribution is 1.96. The smallest absolute Gasteiger partial charge is 0.268 e. The zero-order valence-electron chi connectivity index (χ0n) is 3.46. The highest BCUT2D eigenvalue weighted by atomic mass is 16.3. The summed E-state index contributed by atoms with van der Waals surface area (Å²) >= 11 is 0. The van der Waals surface area contributed by atoms with E-state index < -0.39 is 0 Å². The largest absolute Gasteiger partial charge is 0.327 e. The maximum Gasteiger partial charge on any atom is 0.268 e. The predicted octanol–water partition coefficient (Wildman–Crippen LogP) is 0.808. The van der Waals surface area contributed by atoms with Crippen LogP contribution >= 0.6 is 0 Å². The summed E-state index contributed by atoms with van der Waals surface area (Å²) in [7, 11) is 0. The van der Waals surface area contributed by atoms with Gasteiger partial charge in [0.05, 0.1) is 0 Å². The molecule has 0 unspecified atom stereocenters. The van der Waals surface area contributed by atoms with Gasteiger partial charge in [0, 0.05) is 17.6 Å². The summed E-state index contributed by atoms with van der Waals surface area (Å²) in [4.78, 5) is 15.5. The zero-order chi connectivity index (χ0) is 5.11. The molecule has 1 rings (SSSR count). The van der Waals surface area contributed by atoms with Crippen LogP contribution in [0.25, 0.3) is 0 Å². The molecule has 0 spiro atoms. The van der Waals surface area contributed by atoms with Crippen LogP contribution in [-0.4, -0.2) is 9.97 Å². The van der Waals surface area contributed by atoms with Gasteiger partial charge in [-0.3, -0.25) is 0 Å². The lowest BCUT2D eigenvalue weighted by Gasteiger charge is -1.66. The maximum atomic E-state index is 9.52. The van der Waals surface area contributed by atoms with Gasteiger partial charge in [0.15, 0.2) is 0 Å². The van der Waals surface area contributed by atoms with Gasteiger partial charge in [0.2, 0.25) is 0 Å². The van der Waals surface area contributed by atoms with Gasteiger partial charge < -0.3 is 4.98 Å². The first kappa shape index (κ1) is 3.98. The lowest BCUT2D eigenvalue weighted by atomic mass is 11.0. The molecular formula is C3H3N3O. The fraction of sp³-hybridized carbons (Fsp3) is 0. The summed E-state index contributed by atoms with van der Waals surface area (Å²) in [6, 6.07) is 0. The summed E-state index contributed by atoms with van der Waals surface area (Å²) in [5.74, 6) is 0.125. The lowest BCUT2D eigenvalue weighted by molar-refractivity contribution is 1.23. The van der Waals surface area contributed by atoms with Gasteiger partial charge in [0.25, 0.3) is 5.95 Å². The molecule has 36 valence electrons. The third-order valence-corrected chi connectivity index (χ3v) is 0.570. The number of nitroso groups, excluding NO2 is 1. The topological polar surface area (TPSA) is 58.1 Å². The quantitative estimate of drug-likeness (QED) is 0.527. The average Bonchev–Trinajstić information content (AvgIpc) is 2.14. The van der Waals surface area contributed by atoms with Gasteiger partial charge in [0.1, 0.15) is 0 Å². The zero-order valence-corrected chi connectivity index (χ0v) is 3.46. The molecule has 0 aliphatic rings. The van der Waals surface area contributed by atoms with E-state index in [0.717, 1.165) is 0 Å². The molecule has 1 N–H and O–H groups in total. The molecule has 0 saturated heterocycles. The van der Waals surface area contributed by atoms with Crippen molar-refractivity contribution in [3.63, 3.8) is 0 Å². The van der Waals surface area contributed by atoms with Crippen molar-refractivity contribution in [2.24, 2.45) is 5.18 Å². The molecule has 4 nitrogen and oxygen atoms in total. The Labute approximate surface area is 39.6 Å². The van der Waals surface area contributed by atoms with Crippen molar-refractivity contribution in [1.29, 1.82) is 0 Å². The van der Waals surface area contributed by atoms with Gasteiger partial charge in [-0.05, 0) is 0 Å². The van der Waals surface area contributed by atoms with Gasteiger partial charge in [-0.25, -0.2) is 4.98 Å². The van der Waals surface area contributed by atoms with E-state index in [0.29, 0.717) is 0 Å². The number of hydrogen-bond donors (Lipinski definition) is 1. The van der Waals surface area contributed by atoms with E-state index >= 15 is 0 Å². The Morgan fingerprint density at radius 1 is 1.86 bits per heavy atom. The minimum Gasteiger partial charge on any atom is -0.327 e. The molecule has 1 heterocycles. The van der Waals surface area contributed by atoms with E-state index in [1.54, 1.807) is 0 Å². The highest BCUT2D eigenvalue weighted by molar-refractivity contribution is 5.10. The molecular weight excluding hydrogens is 94.1 g/mol. The molecule has 0 bridgehead atoms. The second-order valence-electron chi connectivity index (χ2n) is 1.00. The first-order chi connectivity index (χ1) is 3.43. The predicted molar refractivity (Wildman–Crippen MR) is 24.0 cm³/mol. The molecule has 0 aliphatic heterocycles. The number of hydrogen-bond acceptors (Lipinski definition) is 3. The van der Waals surface area contributed by atoms with Crippen LogP contribution in [0, 0.1) is 4.91 Å². The minimum absolute atomic E-state index is 0.125. The Bertz CT molecular complexity index is 145. The molecule has 0 fully saturated rings. The van der Waals surface area contributed by atoms with Crippen LogP contribution in [-0.2, 0) is 0 Å². The van der Waals surface area contributed by atoms with Crippen LogP contribution in [0.1, 0.15) is 0 Å². The second kappa shape index (κ2) is 1.51. The summed E-state index contributed by atoms with van der Waals surface area (Å²) < 4.78 is 0. The van der Waals surface area contributed by atoms with Crippen molar-refractivity contribution < 1.29 is 0 Å². The fourth-order valence-electron chi connectivity index (χ4n) is 0.307. The first-order valence-electron chi connectivity index (χ1n) is 1.76. The summed E-state index contributed by atoms with van der Waals surface area (Å²) in [5, 5.41) is 2.51. The molecule has 0 radical (unpaired) electrons. The molecule has 4 heteroatoms. The number of aromatic nitrogens is 2. The van der Waals surface area contributed by atoms with E-state index in [1.807, 2.05) is 0 Å². The van der Waals surface area contributed by atoms with Crippen LogP contribution in [0.4, 0.5) is 5.95 Å². The van der Waals surface area contributed by atoms with Crippen LogP contribution in [0.5, 0.6) is 0 Å². The Morgan fingerprint density at radius 3 is 3.00 bits per heavy atom. The van der Waals surface area contributed by atoms with Crippen molar-refractivity contribution in [2.45, 2.75) is 0 Å². The molecule has 0 atom stereocenters. The molecule has 0 amide bonds. The SMILES string of the molecule is O=Nc1ncc[nH]1. The summed E-state index contributed by atoms with van der Waals surface area (Å²) in [6.07, 6.45) is 3.01. The number of nitrogens with zero attached hydrogens (tertiary/aromatic N) is 2. The maximum absolute atomic E-state index is 9.52. The Kier molecular flexibility index (Phi) is 0.856. The monoisotopic (exact) mass is 97.0 g/mol. The van der Waals surface area contributed by atoms with Gasteiger partial charge in [-0.15, -0.1) is 4.91 Å². The van der Waals surface area contributed by atoms with Crippen molar-refractivity contribution in [3.05, 3.63) is 17.3 Å². The van der Waals surface area contributed by atoms with Gasteiger partial charge >= 0.3 is 0 Å². The lowest BCUT2D eigenvalue weighted by Crippen LogP contribution is -1.57. The van der Waals surface area contributed by atoms with Gasteiger partial charge in [-0.2, -0.15) is 0 Å². The van der Waals surface area contributed by atoms with Gasteiger partial charge in [-0.1, -0.05) is 0 Å². The van der Waals surface area contributed by atoms with Crippen LogP contribution in [0.15, 0.2) is 17.6 Å². The Balaban J connectivity index is 2.96. The first-order valence-corrected chi connectivity index (χ1v) is 1.76. The summed E-state index contributed by atoms with van der Waals surface area (Å²) in [5.41, 5.74) is 0. The molecule has 0 saturated carbocycles. The number of nitrogens with one attached hydrogen (secondary N) is 1. The normalized spacial score (nSPS) is 8.57. The van der Waals surface area contributed by atoms with E-state index in [9.17, 15) is 4.91 Å². The second-order valence-corrected chi connectivity index (χ2v) is 1.00. The molecule has 0 aromatic carbocycles. The summed E-state index contributed by atoms with van der Waals surface area (Å²) in [6.45, 7) is 0. The molecule has 0 aliphatic carbocycles. The number of imidazole rings is 1. The van der Waals surface area contributed by atoms with Crippen molar-refractivity contribution in [2.75, 3.05) is 0 Å². The van der Waals surface area contributed by atoms with Crippen molar-refractivity contribution in [1.82, 2.24) is 9.97 Å². The third-order valence-electron chi connectivity index (χ3n) is 0.570. The van der Waals surface area contributed by atoms with Crippen molar-refractivity contribution in [3.8, 4) is 0 Å². The van der Waals surface area contributed by atoms with E-state index in [2.05, 4.69) is 15.1 Å². The van der Waals surface area contributed by atoms with Crippen LogP contribution in [0.3, 0.4) is 0 Å². The van der Waals surface area contributed by atoms with Crippen molar-refractivity contribution >= 4 is 5.95 Å². The van der Waals surface area contributed by atoms with Crippen LogP contribution in [0.2, 0.25) is 0 Å². The number of rotatable bonds is 1. The minimum atomic E-state index is 0.125. The van der Waals surface area contributed by atoms with E-state index in [1.165, 1.54) is 12.4 Å². The number of aromatic amines is 1. The standard InChI is InChI=1S/C3H3N3O/c7-6-3-4-1-2-5-3/h1-2H,(H,4,5). The molecule has 1 aromatic heterocycles. The van der Waals surface area contributed by atoms with E-state index in [-0.39, 0.29) is 5.95 Å². The molecule has 7 heavy (non-hydrogen) atoms. The molecule has 1 aromatic rings. The Morgan fingerprint density at radius 2 is 2.71 bits per heavy atom. The van der Waals surface area contributed by atoms with E-state index in [4.69, 9.17) is 0 Å². The Hall–Kier alpha value is -1.19. The fourth-order valence-corrected chi connectivity index (χ4v) is 0.307. The van der Waals surface area contributed by atoms with Crippen LogP contribution < -0.4 is 0 Å². The number of H-pyrrole nitrogens is 1. The average molecular weight is 97.1 g/mol. The third kappa shape index (κ3) is 0.623. The highest BCUT2D eigenvalue weighted by Gasteiger charge is 1.84.